The number of nitro groups is 1. The van der Waals surface area contributed by atoms with Crippen molar-refractivity contribution in [3.63, 3.8) is 0 Å². The molecule has 3 rings (SSSR count). The molecular weight excluding hydrogens is 324 g/mol. The highest BCUT2D eigenvalue weighted by Crippen LogP contribution is 2.35. The molecule has 1 heterocycles. The third-order valence-corrected chi connectivity index (χ3v) is 5.25. The molecule has 0 N–H and O–H groups in total. The van der Waals surface area contributed by atoms with Crippen LogP contribution < -0.4 is 4.74 Å². The van der Waals surface area contributed by atoms with Gasteiger partial charge in [0.25, 0.3) is 11.6 Å². The minimum absolute atomic E-state index is 0.0770. The Morgan fingerprint density at radius 3 is 2.80 bits per heavy atom. The summed E-state index contributed by atoms with van der Waals surface area (Å²) in [5, 5.41) is 10.8. The van der Waals surface area contributed by atoms with Gasteiger partial charge in [-0.15, -0.1) is 0 Å². The van der Waals surface area contributed by atoms with Gasteiger partial charge in [-0.05, 0) is 37.7 Å². The first kappa shape index (κ1) is 17.4. The highest BCUT2D eigenvalue weighted by Gasteiger charge is 2.35. The van der Waals surface area contributed by atoms with Crippen molar-refractivity contribution < 1.29 is 19.2 Å². The third kappa shape index (κ3) is 3.81. The molecule has 134 valence electrons. The molecule has 0 radical (unpaired) electrons. The minimum atomic E-state index is -0.571. The van der Waals surface area contributed by atoms with E-state index in [4.69, 9.17) is 4.74 Å². The van der Waals surface area contributed by atoms with Crippen LogP contribution in [0, 0.1) is 16.0 Å². The fourth-order valence-electron chi connectivity index (χ4n) is 4.03. The van der Waals surface area contributed by atoms with E-state index in [0.717, 1.165) is 31.9 Å². The second-order valence-electron chi connectivity index (χ2n) is 6.73. The van der Waals surface area contributed by atoms with Crippen LogP contribution in [0.5, 0.6) is 5.75 Å². The van der Waals surface area contributed by atoms with Gasteiger partial charge in [0.2, 0.25) is 0 Å². The van der Waals surface area contributed by atoms with Gasteiger partial charge in [-0.3, -0.25) is 19.7 Å². The smallest absolute Gasteiger partial charge is 0.270 e. The Morgan fingerprint density at radius 2 is 2.04 bits per heavy atom. The predicted octanol–water partition coefficient (Wildman–Crippen LogP) is 2.97. The van der Waals surface area contributed by atoms with Crippen molar-refractivity contribution in [2.24, 2.45) is 5.92 Å². The van der Waals surface area contributed by atoms with E-state index in [0.29, 0.717) is 18.2 Å². The van der Waals surface area contributed by atoms with Crippen molar-refractivity contribution in [2.75, 3.05) is 13.2 Å². The van der Waals surface area contributed by atoms with Crippen LogP contribution in [0.1, 0.15) is 48.9 Å². The first-order valence-electron chi connectivity index (χ1n) is 8.76. The average molecular weight is 346 g/mol. The lowest BCUT2D eigenvalue weighted by atomic mass is 9.78. The van der Waals surface area contributed by atoms with Crippen LogP contribution in [0.25, 0.3) is 0 Å². The van der Waals surface area contributed by atoms with Crippen molar-refractivity contribution in [3.05, 3.63) is 33.9 Å². The van der Waals surface area contributed by atoms with E-state index in [1.54, 1.807) is 0 Å². The van der Waals surface area contributed by atoms with Crippen LogP contribution in [0.3, 0.4) is 0 Å². The molecular formula is C18H22N2O5. The Hall–Kier alpha value is -2.44. The maximum absolute atomic E-state index is 12.6. The van der Waals surface area contributed by atoms with E-state index in [1.807, 2.05) is 4.90 Å². The SMILES string of the molecule is O=Cc1cc([N+](=O)[O-])ccc1OCC(=O)N1CCC[C@@H]2CCCC[C@@H]21. The largest absolute Gasteiger partial charge is 0.483 e. The average Bonchev–Trinajstić information content (AvgIpc) is 2.65. The summed E-state index contributed by atoms with van der Waals surface area (Å²) in [6, 6.07) is 4.10. The Morgan fingerprint density at radius 1 is 1.28 bits per heavy atom. The van der Waals surface area contributed by atoms with Crippen molar-refractivity contribution in [1.29, 1.82) is 0 Å². The molecule has 0 bridgehead atoms. The summed E-state index contributed by atoms with van der Waals surface area (Å²) in [5.41, 5.74) is -0.0990. The molecule has 0 aromatic heterocycles. The van der Waals surface area contributed by atoms with Gasteiger partial charge in [0.1, 0.15) is 5.75 Å². The first-order chi connectivity index (χ1) is 12.1. The number of likely N-dealkylation sites (tertiary alicyclic amines) is 1. The highest BCUT2D eigenvalue weighted by atomic mass is 16.6. The van der Waals surface area contributed by atoms with E-state index in [1.165, 1.54) is 31.4 Å². The summed E-state index contributed by atoms with van der Waals surface area (Å²) in [6.07, 6.45) is 7.34. The monoisotopic (exact) mass is 346 g/mol. The van der Waals surface area contributed by atoms with Crippen LogP contribution in [-0.2, 0) is 4.79 Å². The van der Waals surface area contributed by atoms with Crippen LogP contribution in [0.4, 0.5) is 5.69 Å². The molecule has 1 aromatic carbocycles. The van der Waals surface area contributed by atoms with Gasteiger partial charge in [-0.2, -0.15) is 0 Å². The Bertz CT molecular complexity index is 673. The van der Waals surface area contributed by atoms with E-state index in [-0.39, 0.29) is 29.5 Å². The maximum Gasteiger partial charge on any atom is 0.270 e. The van der Waals surface area contributed by atoms with Gasteiger partial charge in [0.15, 0.2) is 12.9 Å². The Balaban J connectivity index is 1.65. The Labute approximate surface area is 146 Å². The van der Waals surface area contributed by atoms with Gasteiger partial charge in [0, 0.05) is 24.7 Å². The van der Waals surface area contributed by atoms with E-state index < -0.39 is 4.92 Å². The van der Waals surface area contributed by atoms with Gasteiger partial charge in [-0.1, -0.05) is 12.8 Å². The topological polar surface area (TPSA) is 89.7 Å². The molecule has 0 spiro atoms. The van der Waals surface area contributed by atoms with Gasteiger partial charge in [0.05, 0.1) is 10.5 Å². The lowest BCUT2D eigenvalue weighted by Gasteiger charge is -2.44. The molecule has 7 nitrogen and oxygen atoms in total. The van der Waals surface area contributed by atoms with Gasteiger partial charge in [-0.25, -0.2) is 0 Å². The lowest BCUT2D eigenvalue weighted by molar-refractivity contribution is -0.384. The van der Waals surface area contributed by atoms with Crippen molar-refractivity contribution in [3.8, 4) is 5.75 Å². The summed E-state index contributed by atoms with van der Waals surface area (Å²) in [4.78, 5) is 35.9. The zero-order valence-corrected chi connectivity index (χ0v) is 14.1. The van der Waals surface area contributed by atoms with Crippen LogP contribution in [-0.4, -0.2) is 41.2 Å². The number of hydrogen-bond donors (Lipinski definition) is 0. The molecule has 2 fully saturated rings. The van der Waals surface area contributed by atoms with E-state index >= 15 is 0 Å². The third-order valence-electron chi connectivity index (χ3n) is 5.25. The quantitative estimate of drug-likeness (QED) is 0.464. The molecule has 1 aliphatic carbocycles. The molecule has 2 atom stereocenters. The van der Waals surface area contributed by atoms with Gasteiger partial charge < -0.3 is 9.64 Å². The zero-order valence-electron chi connectivity index (χ0n) is 14.1. The first-order valence-corrected chi connectivity index (χ1v) is 8.76. The molecule has 0 unspecified atom stereocenters. The molecule has 2 aliphatic rings. The minimum Gasteiger partial charge on any atom is -0.483 e. The number of amides is 1. The zero-order chi connectivity index (χ0) is 17.8. The molecule has 1 saturated heterocycles. The van der Waals surface area contributed by atoms with Crippen molar-refractivity contribution >= 4 is 17.9 Å². The number of nitrogens with zero attached hydrogens (tertiary/aromatic N) is 2. The number of non-ortho nitro benzene ring substituents is 1. The fourth-order valence-corrected chi connectivity index (χ4v) is 4.03. The Kier molecular flexibility index (Phi) is 5.31. The summed E-state index contributed by atoms with van der Waals surface area (Å²) in [5.74, 6) is 0.717. The number of rotatable bonds is 5. The van der Waals surface area contributed by atoms with E-state index in [9.17, 15) is 19.7 Å². The number of aldehydes is 1. The summed E-state index contributed by atoms with van der Waals surface area (Å²) in [6.45, 7) is 0.603. The molecule has 1 aliphatic heterocycles. The normalized spacial score (nSPS) is 22.8. The summed E-state index contributed by atoms with van der Waals surface area (Å²) < 4.78 is 5.51. The standard InChI is InChI=1S/C18H22N2O5/c21-11-14-10-15(20(23)24)7-8-17(14)25-12-18(22)19-9-3-5-13-4-1-2-6-16(13)19/h7-8,10-11,13,16H,1-6,9,12H2/t13-,16-/m0/s1. The summed E-state index contributed by atoms with van der Waals surface area (Å²) >= 11 is 0. The number of piperidine rings is 1. The molecule has 1 saturated carbocycles. The van der Waals surface area contributed by atoms with Crippen LogP contribution in [0.2, 0.25) is 0 Å². The van der Waals surface area contributed by atoms with Crippen molar-refractivity contribution in [2.45, 2.75) is 44.6 Å². The van der Waals surface area contributed by atoms with Crippen LogP contribution in [0.15, 0.2) is 18.2 Å². The fraction of sp³-hybridized carbons (Fsp3) is 0.556. The van der Waals surface area contributed by atoms with Crippen LogP contribution >= 0.6 is 0 Å². The number of nitro benzene ring substituents is 1. The second kappa shape index (κ2) is 7.63. The molecule has 1 amide bonds. The number of fused-ring (bicyclic) bond motifs is 1. The predicted molar refractivity (Wildman–Crippen MR) is 90.7 cm³/mol. The molecule has 1 aromatic rings. The highest BCUT2D eigenvalue weighted by molar-refractivity contribution is 5.82. The number of carbonyl (C=O) groups is 2. The number of carbonyl (C=O) groups excluding carboxylic acids is 2. The number of hydrogen-bond acceptors (Lipinski definition) is 5. The van der Waals surface area contributed by atoms with E-state index in [2.05, 4.69) is 0 Å². The summed E-state index contributed by atoms with van der Waals surface area (Å²) in [7, 11) is 0. The number of ether oxygens (including phenoxy) is 1. The van der Waals surface area contributed by atoms with Gasteiger partial charge >= 0.3 is 0 Å². The maximum atomic E-state index is 12.6. The lowest BCUT2D eigenvalue weighted by Crippen LogP contribution is -2.51. The molecule has 25 heavy (non-hydrogen) atoms. The number of benzene rings is 1. The molecule has 7 heteroatoms. The second-order valence-corrected chi connectivity index (χ2v) is 6.73. The van der Waals surface area contributed by atoms with Crippen molar-refractivity contribution in [1.82, 2.24) is 4.90 Å².